The van der Waals surface area contributed by atoms with Crippen molar-refractivity contribution in [2.45, 2.75) is 19.4 Å². The zero-order valence-electron chi connectivity index (χ0n) is 5.05. The molecule has 8 heavy (non-hydrogen) atoms. The van der Waals surface area contributed by atoms with E-state index in [0.29, 0.717) is 0 Å². The van der Waals surface area contributed by atoms with Crippen LogP contribution in [-0.2, 0) is 4.79 Å². The molecular weight excluding hydrogens is 135 g/mol. The van der Waals surface area contributed by atoms with Crippen molar-refractivity contribution in [3.63, 3.8) is 0 Å². The van der Waals surface area contributed by atoms with Gasteiger partial charge in [-0.1, -0.05) is 6.92 Å². The van der Waals surface area contributed by atoms with Crippen LogP contribution < -0.4 is 56.5 Å². The van der Waals surface area contributed by atoms with Crippen molar-refractivity contribution in [1.29, 1.82) is 0 Å². The van der Waals surface area contributed by atoms with Gasteiger partial charge in [0.25, 0.3) is 0 Å². The molecular formula is C4H7KO3. The van der Waals surface area contributed by atoms with Crippen molar-refractivity contribution in [3.8, 4) is 0 Å². The largest absolute Gasteiger partial charge is 1.00 e. The Morgan fingerprint density at radius 2 is 2.25 bits per heavy atom. The fraction of sp³-hybridized carbons (Fsp3) is 0.750. The van der Waals surface area contributed by atoms with E-state index in [0.717, 1.165) is 0 Å². The molecule has 3 nitrogen and oxygen atoms in total. The first-order valence-electron chi connectivity index (χ1n) is 2.07. The number of hydrogen-bond acceptors (Lipinski definition) is 3. The number of carbonyl (C=O) groups excluding carboxylic acids is 1. The van der Waals surface area contributed by atoms with Crippen LogP contribution in [0, 0.1) is 0 Å². The van der Waals surface area contributed by atoms with E-state index >= 15 is 0 Å². The van der Waals surface area contributed by atoms with E-state index in [4.69, 9.17) is 5.11 Å². The number of carboxylic acids is 1. The van der Waals surface area contributed by atoms with E-state index in [1.165, 1.54) is 0 Å². The topological polar surface area (TPSA) is 60.4 Å². The minimum absolute atomic E-state index is 0. The van der Waals surface area contributed by atoms with Gasteiger partial charge in [-0.15, -0.1) is 0 Å². The number of aliphatic hydroxyl groups excluding tert-OH is 1. The van der Waals surface area contributed by atoms with Crippen molar-refractivity contribution in [1.82, 2.24) is 0 Å². The number of carboxylic acid groups (broad SMARTS) is 1. The van der Waals surface area contributed by atoms with Crippen molar-refractivity contribution in [3.05, 3.63) is 0 Å². The zero-order valence-corrected chi connectivity index (χ0v) is 8.17. The summed E-state index contributed by atoms with van der Waals surface area (Å²) >= 11 is 0. The SMILES string of the molecule is CC[C@@H](O)C(=O)[O-].[K+]. The molecule has 0 aliphatic rings. The van der Waals surface area contributed by atoms with Crippen LogP contribution in [-0.4, -0.2) is 17.2 Å². The van der Waals surface area contributed by atoms with Gasteiger partial charge in [0.05, 0.1) is 12.1 Å². The van der Waals surface area contributed by atoms with Crippen LogP contribution in [0.4, 0.5) is 0 Å². The maximum Gasteiger partial charge on any atom is 1.00 e. The Balaban J connectivity index is 0. The number of rotatable bonds is 2. The fourth-order valence-corrected chi connectivity index (χ4v) is 0.167. The molecule has 4 heteroatoms. The van der Waals surface area contributed by atoms with Gasteiger partial charge in [-0.25, -0.2) is 0 Å². The smallest absolute Gasteiger partial charge is 0.547 e. The van der Waals surface area contributed by atoms with Gasteiger partial charge in [0, 0.05) is 0 Å². The molecule has 1 N–H and O–H groups in total. The quantitative estimate of drug-likeness (QED) is 0.395. The molecule has 0 heterocycles. The van der Waals surface area contributed by atoms with Crippen LogP contribution in [0.5, 0.6) is 0 Å². The van der Waals surface area contributed by atoms with Crippen molar-refractivity contribution < 1.29 is 66.4 Å². The summed E-state index contributed by atoms with van der Waals surface area (Å²) in [6, 6.07) is 0. The van der Waals surface area contributed by atoms with Crippen molar-refractivity contribution in [2.24, 2.45) is 0 Å². The standard InChI is InChI=1S/C4H8O3.K/c1-2-3(5)4(6)7;/h3,5H,2H2,1H3,(H,6,7);/q;+1/p-1/t3-;/m1./s1. The second-order valence-electron chi connectivity index (χ2n) is 1.24. The number of aliphatic carboxylic acids is 1. The Morgan fingerprint density at radius 1 is 1.88 bits per heavy atom. The Kier molecular flexibility index (Phi) is 9.14. The van der Waals surface area contributed by atoms with Crippen LogP contribution in [0.2, 0.25) is 0 Å². The second-order valence-corrected chi connectivity index (χ2v) is 1.24. The van der Waals surface area contributed by atoms with Gasteiger partial charge >= 0.3 is 51.4 Å². The third-order valence-electron chi connectivity index (χ3n) is 0.659. The van der Waals surface area contributed by atoms with Gasteiger partial charge in [0.2, 0.25) is 0 Å². The van der Waals surface area contributed by atoms with Crippen LogP contribution >= 0.6 is 0 Å². The van der Waals surface area contributed by atoms with E-state index in [9.17, 15) is 9.90 Å². The zero-order chi connectivity index (χ0) is 5.86. The van der Waals surface area contributed by atoms with E-state index in [1.807, 2.05) is 0 Å². The van der Waals surface area contributed by atoms with Crippen LogP contribution in [0.25, 0.3) is 0 Å². The summed E-state index contributed by atoms with van der Waals surface area (Å²) in [6.07, 6.45) is -1.08. The summed E-state index contributed by atoms with van der Waals surface area (Å²) in [5.74, 6) is -1.40. The Morgan fingerprint density at radius 3 is 2.25 bits per heavy atom. The third kappa shape index (κ3) is 5.21. The van der Waals surface area contributed by atoms with Crippen LogP contribution in [0.3, 0.4) is 0 Å². The van der Waals surface area contributed by atoms with Gasteiger partial charge in [-0.05, 0) is 6.42 Å². The first-order chi connectivity index (χ1) is 3.18. The molecule has 0 fully saturated rings. The number of carbonyl (C=O) groups is 1. The molecule has 0 spiro atoms. The first kappa shape index (κ1) is 11.8. The summed E-state index contributed by atoms with van der Waals surface area (Å²) in [4.78, 5) is 9.57. The molecule has 0 aliphatic heterocycles. The molecule has 0 saturated carbocycles. The molecule has 0 radical (unpaired) electrons. The minimum Gasteiger partial charge on any atom is -0.547 e. The molecule has 0 aromatic heterocycles. The summed E-state index contributed by atoms with van der Waals surface area (Å²) < 4.78 is 0. The van der Waals surface area contributed by atoms with E-state index in [-0.39, 0.29) is 57.8 Å². The first-order valence-corrected chi connectivity index (χ1v) is 2.07. The molecule has 1 atom stereocenters. The molecule has 0 aromatic carbocycles. The summed E-state index contributed by atoms with van der Waals surface area (Å²) in [6.45, 7) is 1.57. The van der Waals surface area contributed by atoms with E-state index in [1.54, 1.807) is 6.92 Å². The van der Waals surface area contributed by atoms with Crippen molar-refractivity contribution in [2.75, 3.05) is 0 Å². The van der Waals surface area contributed by atoms with Crippen LogP contribution in [0.15, 0.2) is 0 Å². The van der Waals surface area contributed by atoms with Crippen molar-refractivity contribution >= 4 is 5.97 Å². The summed E-state index contributed by atoms with van der Waals surface area (Å²) in [5, 5.41) is 17.8. The maximum atomic E-state index is 9.57. The predicted octanol–water partition coefficient (Wildman–Crippen LogP) is -4.49. The summed E-state index contributed by atoms with van der Waals surface area (Å²) in [5.41, 5.74) is 0. The Labute approximate surface area is 90.5 Å². The van der Waals surface area contributed by atoms with Gasteiger partial charge < -0.3 is 15.0 Å². The summed E-state index contributed by atoms with van der Waals surface area (Å²) in [7, 11) is 0. The Hall–Kier alpha value is 1.07. The van der Waals surface area contributed by atoms with Gasteiger partial charge in [-0.3, -0.25) is 0 Å². The average molecular weight is 142 g/mol. The molecule has 0 bridgehead atoms. The fourth-order valence-electron chi connectivity index (χ4n) is 0.167. The Bertz CT molecular complexity index is 73.7. The average Bonchev–Trinajstić information content (AvgIpc) is 1.65. The molecule has 0 unspecified atom stereocenters. The van der Waals surface area contributed by atoms with E-state index in [2.05, 4.69) is 0 Å². The predicted molar refractivity (Wildman–Crippen MR) is 21.3 cm³/mol. The van der Waals surface area contributed by atoms with E-state index < -0.39 is 12.1 Å². The number of hydrogen-bond donors (Lipinski definition) is 1. The monoisotopic (exact) mass is 142 g/mol. The normalized spacial score (nSPS) is 11.8. The molecule has 0 saturated heterocycles. The third-order valence-corrected chi connectivity index (χ3v) is 0.659. The van der Waals surface area contributed by atoms with Gasteiger partial charge in [0.15, 0.2) is 0 Å². The second kappa shape index (κ2) is 6.19. The molecule has 0 rings (SSSR count). The molecule has 0 aliphatic carbocycles. The minimum atomic E-state index is -1.40. The van der Waals surface area contributed by atoms with Crippen LogP contribution in [0.1, 0.15) is 13.3 Å². The molecule has 0 amide bonds. The molecule has 0 aromatic rings. The van der Waals surface area contributed by atoms with Gasteiger partial charge in [-0.2, -0.15) is 0 Å². The molecule has 42 valence electrons. The maximum absolute atomic E-state index is 9.57. The van der Waals surface area contributed by atoms with Gasteiger partial charge in [0.1, 0.15) is 0 Å². The number of aliphatic hydroxyl groups is 1.